The molecule has 0 amide bonds. The summed E-state index contributed by atoms with van der Waals surface area (Å²) in [6, 6.07) is 0. The molecule has 0 heterocycles. The summed E-state index contributed by atoms with van der Waals surface area (Å²) in [5.41, 5.74) is 0. The van der Waals surface area contributed by atoms with Crippen LogP contribution in [0.2, 0.25) is 0 Å². The van der Waals surface area contributed by atoms with E-state index in [2.05, 4.69) is 12.2 Å². The molecule has 0 aromatic carbocycles. The van der Waals surface area contributed by atoms with E-state index in [1.165, 1.54) is 12.8 Å². The average molecular weight is 216 g/mol. The van der Waals surface area contributed by atoms with E-state index in [9.17, 15) is 0 Å². The van der Waals surface area contributed by atoms with Crippen molar-refractivity contribution in [2.75, 3.05) is 27.9 Å². The number of ether oxygens (including phenoxy) is 3. The van der Waals surface area contributed by atoms with E-state index in [1.807, 2.05) is 0 Å². The Hall–Kier alpha value is -0.380. The number of rotatable bonds is 10. The van der Waals surface area contributed by atoms with E-state index < -0.39 is 0 Å². The fourth-order valence-electron chi connectivity index (χ4n) is 1.36. The van der Waals surface area contributed by atoms with Gasteiger partial charge in [-0.05, 0) is 25.7 Å². The highest BCUT2D eigenvalue weighted by atomic mass is 16.7. The molecule has 15 heavy (non-hydrogen) atoms. The molecule has 0 bridgehead atoms. The van der Waals surface area contributed by atoms with Crippen LogP contribution < -0.4 is 0 Å². The maximum Gasteiger partial charge on any atom is 0.156 e. The Morgan fingerprint density at radius 2 is 1.67 bits per heavy atom. The molecule has 0 aliphatic rings. The molecule has 0 aliphatic carbocycles. The summed E-state index contributed by atoms with van der Waals surface area (Å²) < 4.78 is 15.1. The van der Waals surface area contributed by atoms with Crippen LogP contribution in [0.3, 0.4) is 0 Å². The van der Waals surface area contributed by atoms with E-state index in [4.69, 9.17) is 14.2 Å². The fourth-order valence-corrected chi connectivity index (χ4v) is 1.36. The van der Waals surface area contributed by atoms with Crippen LogP contribution in [-0.4, -0.2) is 34.2 Å². The minimum atomic E-state index is -0.0333. The number of methoxy groups -OCH3 is 3. The Balaban J connectivity index is 3.17. The lowest BCUT2D eigenvalue weighted by atomic mass is 10.1. The van der Waals surface area contributed by atoms with Gasteiger partial charge in [0.15, 0.2) is 6.29 Å². The molecule has 0 spiro atoms. The maximum atomic E-state index is 5.11. The predicted octanol–water partition coefficient (Wildman–Crippen LogP) is 2.76. The SMILES string of the molecule is COC/C=C/CCCCCC(OC)OC. The van der Waals surface area contributed by atoms with Crippen LogP contribution in [0.15, 0.2) is 12.2 Å². The summed E-state index contributed by atoms with van der Waals surface area (Å²) in [7, 11) is 5.07. The van der Waals surface area contributed by atoms with Crippen LogP contribution >= 0.6 is 0 Å². The summed E-state index contributed by atoms with van der Waals surface area (Å²) >= 11 is 0. The zero-order valence-electron chi connectivity index (χ0n) is 10.2. The smallest absolute Gasteiger partial charge is 0.156 e. The Morgan fingerprint density at radius 3 is 2.27 bits per heavy atom. The first kappa shape index (κ1) is 14.6. The van der Waals surface area contributed by atoms with Crippen LogP contribution in [0.4, 0.5) is 0 Å². The minimum absolute atomic E-state index is 0.0333. The number of unbranched alkanes of at least 4 members (excludes halogenated alkanes) is 3. The molecule has 0 atom stereocenters. The first-order chi connectivity index (χ1) is 7.35. The first-order valence-electron chi connectivity index (χ1n) is 5.54. The van der Waals surface area contributed by atoms with E-state index in [-0.39, 0.29) is 6.29 Å². The second-order valence-electron chi connectivity index (χ2n) is 3.47. The minimum Gasteiger partial charge on any atom is -0.381 e. The Kier molecular flexibility index (Phi) is 11.4. The summed E-state index contributed by atoms with van der Waals surface area (Å²) in [5.74, 6) is 0. The van der Waals surface area contributed by atoms with E-state index in [0.29, 0.717) is 0 Å². The zero-order chi connectivity index (χ0) is 11.4. The third kappa shape index (κ3) is 9.91. The van der Waals surface area contributed by atoms with Gasteiger partial charge in [-0.25, -0.2) is 0 Å². The highest BCUT2D eigenvalue weighted by molar-refractivity contribution is 4.80. The van der Waals surface area contributed by atoms with Crippen molar-refractivity contribution in [3.8, 4) is 0 Å². The van der Waals surface area contributed by atoms with Crippen LogP contribution in [0.5, 0.6) is 0 Å². The summed E-state index contributed by atoms with van der Waals surface area (Å²) in [4.78, 5) is 0. The fraction of sp³-hybridized carbons (Fsp3) is 0.833. The second-order valence-corrected chi connectivity index (χ2v) is 3.47. The number of hydrogen-bond acceptors (Lipinski definition) is 3. The molecule has 0 aromatic heterocycles. The molecular weight excluding hydrogens is 192 g/mol. The molecule has 3 heteroatoms. The van der Waals surface area contributed by atoms with Crippen LogP contribution in [0.25, 0.3) is 0 Å². The number of hydrogen-bond donors (Lipinski definition) is 0. The van der Waals surface area contributed by atoms with Crippen molar-refractivity contribution in [3.63, 3.8) is 0 Å². The molecule has 0 aliphatic heterocycles. The lowest BCUT2D eigenvalue weighted by molar-refractivity contribution is -0.107. The van der Waals surface area contributed by atoms with Gasteiger partial charge in [0.25, 0.3) is 0 Å². The van der Waals surface area contributed by atoms with E-state index in [0.717, 1.165) is 25.9 Å². The lowest BCUT2D eigenvalue weighted by Crippen LogP contribution is -2.12. The molecule has 0 aromatic rings. The monoisotopic (exact) mass is 216 g/mol. The topological polar surface area (TPSA) is 27.7 Å². The van der Waals surface area contributed by atoms with E-state index in [1.54, 1.807) is 21.3 Å². The lowest BCUT2D eigenvalue weighted by Gasteiger charge is -2.12. The van der Waals surface area contributed by atoms with Gasteiger partial charge in [0.05, 0.1) is 6.61 Å². The average Bonchev–Trinajstić information content (AvgIpc) is 2.27. The van der Waals surface area contributed by atoms with Crippen LogP contribution in [-0.2, 0) is 14.2 Å². The van der Waals surface area contributed by atoms with E-state index >= 15 is 0 Å². The Bertz CT molecular complexity index is 142. The predicted molar refractivity (Wildman–Crippen MR) is 61.9 cm³/mol. The molecule has 0 saturated carbocycles. The van der Waals surface area contributed by atoms with Gasteiger partial charge in [0.1, 0.15) is 0 Å². The van der Waals surface area contributed by atoms with Crippen molar-refractivity contribution in [1.82, 2.24) is 0 Å². The van der Waals surface area contributed by atoms with Crippen molar-refractivity contribution >= 4 is 0 Å². The van der Waals surface area contributed by atoms with Crippen LogP contribution in [0.1, 0.15) is 32.1 Å². The van der Waals surface area contributed by atoms with Crippen molar-refractivity contribution < 1.29 is 14.2 Å². The molecule has 0 N–H and O–H groups in total. The van der Waals surface area contributed by atoms with Gasteiger partial charge in [-0.3, -0.25) is 0 Å². The van der Waals surface area contributed by atoms with Crippen LogP contribution in [0, 0.1) is 0 Å². The first-order valence-corrected chi connectivity index (χ1v) is 5.54. The summed E-state index contributed by atoms with van der Waals surface area (Å²) in [6.45, 7) is 0.718. The summed E-state index contributed by atoms with van der Waals surface area (Å²) in [6.07, 6.45) is 9.92. The summed E-state index contributed by atoms with van der Waals surface area (Å²) in [5, 5.41) is 0. The molecule has 0 fully saturated rings. The van der Waals surface area contributed by atoms with Gasteiger partial charge >= 0.3 is 0 Å². The molecule has 0 radical (unpaired) electrons. The van der Waals surface area contributed by atoms with Crippen molar-refractivity contribution in [1.29, 1.82) is 0 Å². The van der Waals surface area contributed by atoms with Crippen molar-refractivity contribution in [2.45, 2.75) is 38.4 Å². The van der Waals surface area contributed by atoms with Gasteiger partial charge in [-0.15, -0.1) is 0 Å². The maximum absolute atomic E-state index is 5.11. The molecule has 0 saturated heterocycles. The molecule has 0 unspecified atom stereocenters. The van der Waals surface area contributed by atoms with Crippen molar-refractivity contribution in [3.05, 3.63) is 12.2 Å². The molecular formula is C12H24O3. The Morgan fingerprint density at radius 1 is 0.933 bits per heavy atom. The molecule has 3 nitrogen and oxygen atoms in total. The molecule has 90 valence electrons. The van der Waals surface area contributed by atoms with Gasteiger partial charge in [-0.2, -0.15) is 0 Å². The quantitative estimate of drug-likeness (QED) is 0.319. The van der Waals surface area contributed by atoms with Gasteiger partial charge < -0.3 is 14.2 Å². The molecule has 0 rings (SSSR count). The number of allylic oxidation sites excluding steroid dienone is 1. The largest absolute Gasteiger partial charge is 0.381 e. The third-order valence-electron chi connectivity index (χ3n) is 2.27. The van der Waals surface area contributed by atoms with Gasteiger partial charge in [0, 0.05) is 21.3 Å². The standard InChI is InChI=1S/C12H24O3/c1-13-11-9-7-5-4-6-8-10-12(14-2)15-3/h7,9,12H,4-6,8,10-11H2,1-3H3/b9-7+. The van der Waals surface area contributed by atoms with Crippen molar-refractivity contribution in [2.24, 2.45) is 0 Å². The van der Waals surface area contributed by atoms with Gasteiger partial charge in [-0.1, -0.05) is 18.6 Å². The van der Waals surface area contributed by atoms with Gasteiger partial charge in [0.2, 0.25) is 0 Å². The Labute approximate surface area is 93.4 Å². The second kappa shape index (κ2) is 11.7. The zero-order valence-corrected chi connectivity index (χ0v) is 10.2. The third-order valence-corrected chi connectivity index (χ3v) is 2.27. The highest BCUT2D eigenvalue weighted by Gasteiger charge is 2.02. The highest BCUT2D eigenvalue weighted by Crippen LogP contribution is 2.08. The normalized spacial score (nSPS) is 11.7.